The second-order valence-corrected chi connectivity index (χ2v) is 3.91. The van der Waals surface area contributed by atoms with Crippen LogP contribution in [0.25, 0.3) is 0 Å². The normalized spacial score (nSPS) is 9.57. The molecule has 0 saturated heterocycles. The lowest BCUT2D eigenvalue weighted by molar-refractivity contribution is -0.121. The van der Waals surface area contributed by atoms with Crippen LogP contribution in [0.3, 0.4) is 0 Å². The van der Waals surface area contributed by atoms with Crippen LogP contribution in [0.5, 0.6) is 0 Å². The largest absolute Gasteiger partial charge is 0.356 e. The van der Waals surface area contributed by atoms with Crippen molar-refractivity contribution in [3.63, 3.8) is 0 Å². The summed E-state index contributed by atoms with van der Waals surface area (Å²) in [5, 5.41) is 5.36. The van der Waals surface area contributed by atoms with E-state index >= 15 is 0 Å². The molecule has 2 N–H and O–H groups in total. The first kappa shape index (κ1) is 13.3. The van der Waals surface area contributed by atoms with Gasteiger partial charge in [0.2, 0.25) is 11.8 Å². The molecule has 0 spiro atoms. The smallest absolute Gasteiger partial charge is 0.221 e. The molecular formula is C9H18N2O2S. The molecule has 0 rings (SSSR count). The highest BCUT2D eigenvalue weighted by molar-refractivity contribution is 7.98. The highest BCUT2D eigenvalue weighted by atomic mass is 32.2. The van der Waals surface area contributed by atoms with Crippen molar-refractivity contribution >= 4 is 23.6 Å². The fourth-order valence-electron chi connectivity index (χ4n) is 0.885. The van der Waals surface area contributed by atoms with E-state index in [-0.39, 0.29) is 11.8 Å². The van der Waals surface area contributed by atoms with Crippen LogP contribution >= 0.6 is 11.8 Å². The Morgan fingerprint density at radius 2 is 1.93 bits per heavy atom. The topological polar surface area (TPSA) is 58.2 Å². The van der Waals surface area contributed by atoms with Crippen molar-refractivity contribution in [1.29, 1.82) is 0 Å². The van der Waals surface area contributed by atoms with Gasteiger partial charge in [-0.05, 0) is 18.4 Å². The average molecular weight is 218 g/mol. The van der Waals surface area contributed by atoms with Gasteiger partial charge in [0, 0.05) is 26.4 Å². The van der Waals surface area contributed by atoms with Gasteiger partial charge >= 0.3 is 0 Å². The number of carbonyl (C=O) groups is 2. The molecule has 0 unspecified atom stereocenters. The van der Waals surface area contributed by atoms with Crippen LogP contribution in [0, 0.1) is 0 Å². The molecule has 0 aromatic heterocycles. The zero-order valence-corrected chi connectivity index (χ0v) is 9.58. The molecule has 0 aromatic carbocycles. The molecular weight excluding hydrogens is 200 g/mol. The lowest BCUT2D eigenvalue weighted by Gasteiger charge is -2.04. The molecule has 4 nitrogen and oxygen atoms in total. The number of nitrogens with one attached hydrogen (secondary N) is 2. The van der Waals surface area contributed by atoms with Crippen molar-refractivity contribution in [2.24, 2.45) is 0 Å². The lowest BCUT2D eigenvalue weighted by atomic mass is 10.3. The second-order valence-electron chi connectivity index (χ2n) is 2.93. The minimum atomic E-state index is -0.0971. The minimum Gasteiger partial charge on any atom is -0.356 e. The molecule has 2 amide bonds. The number of hydrogen-bond acceptors (Lipinski definition) is 3. The maximum absolute atomic E-state index is 11.1. The summed E-state index contributed by atoms with van der Waals surface area (Å²) in [6.45, 7) is 2.58. The fraction of sp³-hybridized carbons (Fsp3) is 0.778. The summed E-state index contributed by atoms with van der Waals surface area (Å²) in [6.07, 6.45) is 3.39. The second kappa shape index (κ2) is 8.87. The van der Waals surface area contributed by atoms with E-state index in [0.717, 1.165) is 18.7 Å². The van der Waals surface area contributed by atoms with E-state index in [2.05, 4.69) is 10.6 Å². The van der Waals surface area contributed by atoms with Crippen molar-refractivity contribution < 1.29 is 9.59 Å². The molecule has 5 heteroatoms. The van der Waals surface area contributed by atoms with Crippen LogP contribution in [0.2, 0.25) is 0 Å². The Balaban J connectivity index is 3.24. The van der Waals surface area contributed by atoms with E-state index in [9.17, 15) is 9.59 Å². The van der Waals surface area contributed by atoms with Crippen molar-refractivity contribution in [3.05, 3.63) is 0 Å². The highest BCUT2D eigenvalue weighted by Crippen LogP contribution is 1.93. The zero-order valence-electron chi connectivity index (χ0n) is 8.76. The van der Waals surface area contributed by atoms with Crippen LogP contribution in [0.4, 0.5) is 0 Å². The maximum atomic E-state index is 11.1. The molecule has 0 radical (unpaired) electrons. The molecule has 0 aliphatic heterocycles. The van der Waals surface area contributed by atoms with Gasteiger partial charge in [-0.2, -0.15) is 11.8 Å². The summed E-state index contributed by atoms with van der Waals surface area (Å²) in [6, 6.07) is 0. The minimum absolute atomic E-state index is 0.000136. The Hall–Kier alpha value is -0.710. The Morgan fingerprint density at radius 1 is 1.21 bits per heavy atom. The number of hydrogen-bond donors (Lipinski definition) is 2. The van der Waals surface area contributed by atoms with E-state index in [1.807, 2.05) is 6.26 Å². The van der Waals surface area contributed by atoms with Crippen LogP contribution in [0.15, 0.2) is 0 Å². The first-order valence-electron chi connectivity index (χ1n) is 4.67. The summed E-state index contributed by atoms with van der Waals surface area (Å²) in [7, 11) is 0. The predicted molar refractivity (Wildman–Crippen MR) is 59.3 cm³/mol. The molecule has 82 valence electrons. The van der Waals surface area contributed by atoms with E-state index in [1.165, 1.54) is 6.92 Å². The first-order valence-corrected chi connectivity index (χ1v) is 6.06. The number of carbonyl (C=O) groups excluding carboxylic acids is 2. The van der Waals surface area contributed by atoms with Crippen molar-refractivity contribution in [3.8, 4) is 0 Å². The SMILES string of the molecule is CSCCCNC(=O)CCNC(C)=O. The third-order valence-corrected chi connectivity index (χ3v) is 2.27. The molecule has 0 fully saturated rings. The summed E-state index contributed by atoms with van der Waals surface area (Å²) in [5.74, 6) is 0.964. The van der Waals surface area contributed by atoms with Gasteiger partial charge in [0.25, 0.3) is 0 Å². The Labute approximate surface area is 89.2 Å². The van der Waals surface area contributed by atoms with Gasteiger partial charge in [-0.15, -0.1) is 0 Å². The average Bonchev–Trinajstić information content (AvgIpc) is 2.12. The fourth-order valence-corrected chi connectivity index (χ4v) is 1.32. The van der Waals surface area contributed by atoms with Crippen molar-refractivity contribution in [2.75, 3.05) is 25.1 Å². The Morgan fingerprint density at radius 3 is 2.50 bits per heavy atom. The van der Waals surface area contributed by atoms with Gasteiger partial charge in [0.05, 0.1) is 0 Å². The van der Waals surface area contributed by atoms with Crippen LogP contribution < -0.4 is 10.6 Å². The summed E-state index contributed by atoms with van der Waals surface area (Å²) >= 11 is 1.77. The molecule has 14 heavy (non-hydrogen) atoms. The number of amides is 2. The van der Waals surface area contributed by atoms with Crippen LogP contribution in [-0.4, -0.2) is 36.9 Å². The van der Waals surface area contributed by atoms with Gasteiger partial charge in [0.1, 0.15) is 0 Å². The standard InChI is InChI=1S/C9H18N2O2S/c1-8(12)10-6-4-9(13)11-5-3-7-14-2/h3-7H2,1-2H3,(H,10,12)(H,11,13). The third kappa shape index (κ3) is 9.38. The monoisotopic (exact) mass is 218 g/mol. The molecule has 0 bridgehead atoms. The first-order chi connectivity index (χ1) is 6.66. The summed E-state index contributed by atoms with van der Waals surface area (Å²) in [4.78, 5) is 21.6. The predicted octanol–water partition coefficient (Wildman–Crippen LogP) is 0.382. The van der Waals surface area contributed by atoms with E-state index in [0.29, 0.717) is 13.0 Å². The Bertz CT molecular complexity index is 186. The van der Waals surface area contributed by atoms with E-state index in [1.54, 1.807) is 11.8 Å². The highest BCUT2D eigenvalue weighted by Gasteiger charge is 1.99. The Kier molecular flexibility index (Phi) is 8.42. The molecule has 0 atom stereocenters. The van der Waals surface area contributed by atoms with E-state index < -0.39 is 0 Å². The maximum Gasteiger partial charge on any atom is 0.221 e. The number of rotatable bonds is 7. The summed E-state index contributed by atoms with van der Waals surface area (Å²) in [5.41, 5.74) is 0. The third-order valence-electron chi connectivity index (χ3n) is 1.57. The quantitative estimate of drug-likeness (QED) is 0.607. The molecule has 0 heterocycles. The van der Waals surface area contributed by atoms with Crippen molar-refractivity contribution in [2.45, 2.75) is 19.8 Å². The van der Waals surface area contributed by atoms with Gasteiger partial charge in [0.15, 0.2) is 0 Å². The van der Waals surface area contributed by atoms with Gasteiger partial charge < -0.3 is 10.6 Å². The molecule has 0 saturated carbocycles. The van der Waals surface area contributed by atoms with Crippen LogP contribution in [0.1, 0.15) is 19.8 Å². The van der Waals surface area contributed by atoms with Gasteiger partial charge in [-0.1, -0.05) is 0 Å². The summed E-state index contributed by atoms with van der Waals surface area (Å²) < 4.78 is 0. The van der Waals surface area contributed by atoms with E-state index in [4.69, 9.17) is 0 Å². The van der Waals surface area contributed by atoms with Gasteiger partial charge in [-0.25, -0.2) is 0 Å². The molecule has 0 aromatic rings. The zero-order chi connectivity index (χ0) is 10.8. The number of thioether (sulfide) groups is 1. The van der Waals surface area contributed by atoms with Crippen molar-refractivity contribution in [1.82, 2.24) is 10.6 Å². The lowest BCUT2D eigenvalue weighted by Crippen LogP contribution is -2.30. The molecule has 0 aliphatic rings. The molecule has 0 aliphatic carbocycles. The van der Waals surface area contributed by atoms with Gasteiger partial charge in [-0.3, -0.25) is 9.59 Å². The van der Waals surface area contributed by atoms with Crippen LogP contribution in [-0.2, 0) is 9.59 Å².